The van der Waals surface area contributed by atoms with Crippen LogP contribution < -0.4 is 11.1 Å². The zero-order valence-corrected chi connectivity index (χ0v) is 11.4. The third-order valence-corrected chi connectivity index (χ3v) is 4.24. The average molecular weight is 263 g/mol. The zero-order valence-electron chi connectivity index (χ0n) is 11.4. The van der Waals surface area contributed by atoms with Gasteiger partial charge in [-0.15, -0.1) is 0 Å². The highest BCUT2D eigenvalue weighted by atomic mass is 16.6. The summed E-state index contributed by atoms with van der Waals surface area (Å²) in [5, 5.41) is 14.0. The minimum absolute atomic E-state index is 0.0757. The summed E-state index contributed by atoms with van der Waals surface area (Å²) in [4.78, 5) is 10.2. The molecule has 3 N–H and O–H groups in total. The van der Waals surface area contributed by atoms with Crippen LogP contribution in [0.1, 0.15) is 33.1 Å². The van der Waals surface area contributed by atoms with Crippen molar-refractivity contribution in [2.75, 3.05) is 5.32 Å². The van der Waals surface area contributed by atoms with Crippen LogP contribution in [0.15, 0.2) is 24.3 Å². The van der Waals surface area contributed by atoms with E-state index in [2.05, 4.69) is 19.2 Å². The Bertz CT molecular complexity index is 456. The summed E-state index contributed by atoms with van der Waals surface area (Å²) >= 11 is 0. The highest BCUT2D eigenvalue weighted by Crippen LogP contribution is 2.32. The predicted octanol–water partition coefficient (Wildman–Crippen LogP) is 2.91. The molecule has 5 heteroatoms. The summed E-state index contributed by atoms with van der Waals surface area (Å²) in [5.74, 6) is 0.469. The maximum absolute atomic E-state index is 10.6. The molecule has 0 heterocycles. The van der Waals surface area contributed by atoms with Crippen molar-refractivity contribution in [1.29, 1.82) is 0 Å². The van der Waals surface area contributed by atoms with Gasteiger partial charge in [-0.25, -0.2) is 0 Å². The van der Waals surface area contributed by atoms with Gasteiger partial charge in [-0.2, -0.15) is 0 Å². The van der Waals surface area contributed by atoms with Gasteiger partial charge in [0.25, 0.3) is 5.69 Å². The van der Waals surface area contributed by atoms with Crippen LogP contribution in [0.2, 0.25) is 0 Å². The number of nitro benzene ring substituents is 1. The monoisotopic (exact) mass is 263 g/mol. The highest BCUT2D eigenvalue weighted by molar-refractivity contribution is 5.49. The molecular formula is C14H21N3O2. The Kier molecular flexibility index (Phi) is 3.75. The SMILES string of the molecule is CC1CC(Nc2ccc([N+](=O)[O-])cc2)CCC1(C)N. The van der Waals surface area contributed by atoms with Crippen LogP contribution in [-0.4, -0.2) is 16.5 Å². The minimum Gasteiger partial charge on any atom is -0.382 e. The summed E-state index contributed by atoms with van der Waals surface area (Å²) < 4.78 is 0. The molecule has 0 radical (unpaired) electrons. The number of benzene rings is 1. The summed E-state index contributed by atoms with van der Waals surface area (Å²) in [6, 6.07) is 6.98. The van der Waals surface area contributed by atoms with Gasteiger partial charge in [-0.1, -0.05) is 6.92 Å². The fourth-order valence-electron chi connectivity index (χ4n) is 2.59. The summed E-state index contributed by atoms with van der Waals surface area (Å²) in [5.41, 5.74) is 7.21. The van der Waals surface area contributed by atoms with Crippen molar-refractivity contribution in [2.24, 2.45) is 11.7 Å². The van der Waals surface area contributed by atoms with Crippen LogP contribution in [0.25, 0.3) is 0 Å². The molecule has 3 unspecified atom stereocenters. The van der Waals surface area contributed by atoms with Gasteiger partial charge in [-0.05, 0) is 44.2 Å². The lowest BCUT2D eigenvalue weighted by Crippen LogP contribution is -2.49. The van der Waals surface area contributed by atoms with Crippen molar-refractivity contribution in [2.45, 2.75) is 44.7 Å². The smallest absolute Gasteiger partial charge is 0.269 e. The topological polar surface area (TPSA) is 81.2 Å². The van der Waals surface area contributed by atoms with E-state index in [-0.39, 0.29) is 16.1 Å². The molecule has 0 aliphatic heterocycles. The van der Waals surface area contributed by atoms with Crippen molar-refractivity contribution in [1.82, 2.24) is 0 Å². The van der Waals surface area contributed by atoms with Crippen LogP contribution in [0.4, 0.5) is 11.4 Å². The summed E-state index contributed by atoms with van der Waals surface area (Å²) in [6.07, 6.45) is 3.07. The van der Waals surface area contributed by atoms with Gasteiger partial charge in [0, 0.05) is 29.4 Å². The summed E-state index contributed by atoms with van der Waals surface area (Å²) in [7, 11) is 0. The summed E-state index contributed by atoms with van der Waals surface area (Å²) in [6.45, 7) is 4.30. The molecule has 3 atom stereocenters. The van der Waals surface area contributed by atoms with Crippen molar-refractivity contribution < 1.29 is 4.92 Å². The second-order valence-corrected chi connectivity index (χ2v) is 5.83. The molecule has 0 spiro atoms. The minimum atomic E-state index is -0.383. The van der Waals surface area contributed by atoms with Gasteiger partial charge in [0.2, 0.25) is 0 Å². The van der Waals surface area contributed by atoms with Gasteiger partial charge in [-0.3, -0.25) is 10.1 Å². The predicted molar refractivity (Wildman–Crippen MR) is 76.1 cm³/mol. The third-order valence-electron chi connectivity index (χ3n) is 4.24. The van der Waals surface area contributed by atoms with Crippen LogP contribution in [0.3, 0.4) is 0 Å². The Balaban J connectivity index is 1.97. The van der Waals surface area contributed by atoms with Gasteiger partial charge in [0.15, 0.2) is 0 Å². The number of rotatable bonds is 3. The fourth-order valence-corrected chi connectivity index (χ4v) is 2.59. The first-order valence-electron chi connectivity index (χ1n) is 6.68. The van der Waals surface area contributed by atoms with E-state index < -0.39 is 0 Å². The molecule has 0 bridgehead atoms. The van der Waals surface area contributed by atoms with E-state index in [4.69, 9.17) is 5.73 Å². The van der Waals surface area contributed by atoms with E-state index in [1.54, 1.807) is 12.1 Å². The zero-order chi connectivity index (χ0) is 14.0. The number of nitrogens with zero attached hydrogens (tertiary/aromatic N) is 1. The van der Waals surface area contributed by atoms with E-state index in [0.29, 0.717) is 12.0 Å². The van der Waals surface area contributed by atoms with Crippen LogP contribution in [0.5, 0.6) is 0 Å². The molecule has 1 aliphatic carbocycles. The molecule has 1 fully saturated rings. The van der Waals surface area contributed by atoms with E-state index in [0.717, 1.165) is 24.9 Å². The molecular weight excluding hydrogens is 242 g/mol. The molecule has 1 aromatic carbocycles. The molecule has 0 amide bonds. The molecule has 1 aliphatic rings. The van der Waals surface area contributed by atoms with E-state index in [9.17, 15) is 10.1 Å². The maximum atomic E-state index is 10.6. The Morgan fingerprint density at radius 1 is 1.42 bits per heavy atom. The Hall–Kier alpha value is -1.62. The lowest BCUT2D eigenvalue weighted by atomic mass is 9.73. The number of nitro groups is 1. The van der Waals surface area contributed by atoms with Crippen molar-refractivity contribution >= 4 is 11.4 Å². The Morgan fingerprint density at radius 3 is 2.58 bits per heavy atom. The Labute approximate surface area is 113 Å². The molecule has 19 heavy (non-hydrogen) atoms. The van der Waals surface area contributed by atoms with Gasteiger partial charge in [0.1, 0.15) is 0 Å². The lowest BCUT2D eigenvalue weighted by molar-refractivity contribution is -0.384. The Morgan fingerprint density at radius 2 is 2.05 bits per heavy atom. The molecule has 2 rings (SSSR count). The number of hydrogen-bond donors (Lipinski definition) is 2. The fraction of sp³-hybridized carbons (Fsp3) is 0.571. The van der Waals surface area contributed by atoms with Gasteiger partial charge in [0.05, 0.1) is 4.92 Å². The second-order valence-electron chi connectivity index (χ2n) is 5.83. The quantitative estimate of drug-likeness (QED) is 0.649. The molecule has 1 aromatic rings. The number of nitrogens with one attached hydrogen (secondary N) is 1. The molecule has 0 saturated heterocycles. The second kappa shape index (κ2) is 5.17. The lowest BCUT2D eigenvalue weighted by Gasteiger charge is -2.40. The van der Waals surface area contributed by atoms with E-state index in [1.165, 1.54) is 12.1 Å². The standard InChI is InChI=1S/C14H21N3O2/c1-10-9-12(7-8-14(10,2)15)16-11-3-5-13(6-4-11)17(18)19/h3-6,10,12,16H,7-9,15H2,1-2H3. The first-order valence-corrected chi connectivity index (χ1v) is 6.68. The van der Waals surface area contributed by atoms with Crippen LogP contribution in [-0.2, 0) is 0 Å². The highest BCUT2D eigenvalue weighted by Gasteiger charge is 2.33. The number of hydrogen-bond acceptors (Lipinski definition) is 4. The van der Waals surface area contributed by atoms with E-state index >= 15 is 0 Å². The maximum Gasteiger partial charge on any atom is 0.269 e. The van der Waals surface area contributed by atoms with Gasteiger partial charge >= 0.3 is 0 Å². The normalized spacial score (nSPS) is 30.9. The number of nitrogens with two attached hydrogens (primary N) is 1. The first kappa shape index (κ1) is 13.8. The molecule has 0 aromatic heterocycles. The largest absolute Gasteiger partial charge is 0.382 e. The molecule has 1 saturated carbocycles. The molecule has 5 nitrogen and oxygen atoms in total. The van der Waals surface area contributed by atoms with E-state index in [1.807, 2.05) is 0 Å². The van der Waals surface area contributed by atoms with Gasteiger partial charge < -0.3 is 11.1 Å². The van der Waals surface area contributed by atoms with Crippen LogP contribution in [0, 0.1) is 16.0 Å². The first-order chi connectivity index (χ1) is 8.88. The van der Waals surface area contributed by atoms with Crippen molar-refractivity contribution in [3.05, 3.63) is 34.4 Å². The third kappa shape index (κ3) is 3.23. The van der Waals surface area contributed by atoms with Crippen LogP contribution >= 0.6 is 0 Å². The average Bonchev–Trinajstić information content (AvgIpc) is 2.35. The number of non-ortho nitro benzene ring substituents is 1. The van der Waals surface area contributed by atoms with Crippen molar-refractivity contribution in [3.63, 3.8) is 0 Å². The van der Waals surface area contributed by atoms with Crippen molar-refractivity contribution in [3.8, 4) is 0 Å². The molecule has 104 valence electrons. The number of anilines is 1.